The number of nitrogens with zero attached hydrogens (tertiary/aromatic N) is 4. The van der Waals surface area contributed by atoms with Gasteiger partial charge < -0.3 is 15.4 Å². The number of anilines is 1. The third kappa shape index (κ3) is 5.42. The topological polar surface area (TPSA) is 119 Å². The van der Waals surface area contributed by atoms with Crippen LogP contribution in [-0.2, 0) is 25.3 Å². The highest BCUT2D eigenvalue weighted by atomic mass is 19.4. The number of carbonyl (C=O) groups is 3. The molecule has 12 heteroatoms. The first kappa shape index (κ1) is 24.6. The summed E-state index contributed by atoms with van der Waals surface area (Å²) in [5, 5.41) is 0. The third-order valence-electron chi connectivity index (χ3n) is 6.08. The molecule has 3 heterocycles. The highest BCUT2D eigenvalue weighted by Crippen LogP contribution is 2.38. The number of nitrogens with two attached hydrogens (primary N) is 1. The number of amides is 3. The number of nitrogen functional groups attached to an aromatic ring is 1. The van der Waals surface area contributed by atoms with Gasteiger partial charge in [-0.25, -0.2) is 9.97 Å². The van der Waals surface area contributed by atoms with Crippen LogP contribution in [0.2, 0.25) is 0 Å². The highest BCUT2D eigenvalue weighted by molar-refractivity contribution is 5.98. The van der Waals surface area contributed by atoms with Gasteiger partial charge in [-0.2, -0.15) is 13.2 Å². The monoisotopic (exact) mass is 491 g/mol. The number of morpholine rings is 1. The Morgan fingerprint density at radius 2 is 1.91 bits per heavy atom. The summed E-state index contributed by atoms with van der Waals surface area (Å²) >= 11 is 0. The van der Waals surface area contributed by atoms with Crippen molar-refractivity contribution >= 4 is 23.7 Å². The first-order valence-corrected chi connectivity index (χ1v) is 11.2. The van der Waals surface area contributed by atoms with Crippen LogP contribution < -0.4 is 5.73 Å². The van der Waals surface area contributed by atoms with Crippen molar-refractivity contribution in [3.8, 4) is 11.1 Å². The zero-order chi connectivity index (χ0) is 25.2. The number of benzene rings is 1. The SMILES string of the molecule is Nc1ncc(-c2cccc(C(F)(F)F)c2)c([C@H]2CCCCN2C(=O)CCN2C(=O)COCC2=O)n1. The number of rotatable bonds is 5. The average molecular weight is 491 g/mol. The Bertz CT molecular complexity index is 1120. The van der Waals surface area contributed by atoms with Crippen LogP contribution in [0.1, 0.15) is 43.0 Å². The second-order valence-corrected chi connectivity index (χ2v) is 8.39. The molecule has 9 nitrogen and oxygen atoms in total. The molecule has 2 aliphatic heterocycles. The minimum Gasteiger partial charge on any atom is -0.368 e. The van der Waals surface area contributed by atoms with Gasteiger partial charge >= 0.3 is 6.18 Å². The number of piperidine rings is 1. The molecule has 0 saturated carbocycles. The Morgan fingerprint density at radius 1 is 1.17 bits per heavy atom. The molecule has 2 saturated heterocycles. The number of likely N-dealkylation sites (tertiary alicyclic amines) is 1. The van der Waals surface area contributed by atoms with Crippen molar-refractivity contribution in [1.82, 2.24) is 19.8 Å². The lowest BCUT2D eigenvalue weighted by Gasteiger charge is -2.37. The van der Waals surface area contributed by atoms with E-state index in [1.165, 1.54) is 18.3 Å². The summed E-state index contributed by atoms with van der Waals surface area (Å²) < 4.78 is 44.8. The van der Waals surface area contributed by atoms with Crippen molar-refractivity contribution in [1.29, 1.82) is 0 Å². The van der Waals surface area contributed by atoms with Crippen LogP contribution in [0.4, 0.5) is 19.1 Å². The molecule has 4 rings (SSSR count). The van der Waals surface area contributed by atoms with Gasteiger partial charge in [0.2, 0.25) is 11.9 Å². The molecule has 0 spiro atoms. The van der Waals surface area contributed by atoms with Gasteiger partial charge in [-0.1, -0.05) is 12.1 Å². The van der Waals surface area contributed by atoms with Crippen LogP contribution in [0.25, 0.3) is 11.1 Å². The minimum absolute atomic E-state index is 0.0572. The van der Waals surface area contributed by atoms with Gasteiger partial charge in [-0.05, 0) is 37.0 Å². The minimum atomic E-state index is -4.52. The average Bonchev–Trinajstić information content (AvgIpc) is 2.83. The van der Waals surface area contributed by atoms with Gasteiger partial charge in [0.15, 0.2) is 0 Å². The van der Waals surface area contributed by atoms with Crippen LogP contribution >= 0.6 is 0 Å². The maximum Gasteiger partial charge on any atom is 0.416 e. The van der Waals surface area contributed by atoms with Crippen LogP contribution in [-0.4, -0.2) is 63.8 Å². The van der Waals surface area contributed by atoms with Gasteiger partial charge in [-0.3, -0.25) is 19.3 Å². The Kier molecular flexibility index (Phi) is 7.01. The summed E-state index contributed by atoms with van der Waals surface area (Å²) in [7, 11) is 0. The predicted molar refractivity (Wildman–Crippen MR) is 117 cm³/mol. The van der Waals surface area contributed by atoms with Crippen LogP contribution in [0, 0.1) is 0 Å². The summed E-state index contributed by atoms with van der Waals surface area (Å²) in [6, 6.07) is 4.29. The number of hydrogen-bond acceptors (Lipinski definition) is 7. The van der Waals surface area contributed by atoms with Crippen LogP contribution in [0.3, 0.4) is 0 Å². The van der Waals surface area contributed by atoms with Crippen molar-refractivity contribution in [2.45, 2.75) is 37.9 Å². The van der Waals surface area contributed by atoms with E-state index in [-0.39, 0.29) is 43.6 Å². The Morgan fingerprint density at radius 3 is 2.63 bits per heavy atom. The molecule has 2 aromatic rings. The standard InChI is InChI=1S/C23H24F3N5O4/c24-23(25,26)15-5-3-4-14(10-15)16-11-28-22(27)29-21(16)17-6-1-2-8-30(17)18(32)7-9-31-19(33)12-35-13-20(31)34/h3-5,10-11,17H,1-2,6-9,12-13H2,(H2,27,28,29)/t17-/m1/s1. The lowest BCUT2D eigenvalue weighted by molar-refractivity contribution is -0.158. The molecule has 0 aliphatic carbocycles. The van der Waals surface area contributed by atoms with Crippen molar-refractivity contribution in [3.05, 3.63) is 41.7 Å². The molecule has 1 atom stereocenters. The van der Waals surface area contributed by atoms with Crippen molar-refractivity contribution in [2.75, 3.05) is 32.0 Å². The lowest BCUT2D eigenvalue weighted by atomic mass is 9.93. The molecule has 2 fully saturated rings. The van der Waals surface area contributed by atoms with Gasteiger partial charge in [-0.15, -0.1) is 0 Å². The molecule has 186 valence electrons. The molecular weight excluding hydrogens is 467 g/mol. The highest BCUT2D eigenvalue weighted by Gasteiger charge is 2.34. The molecule has 3 amide bonds. The van der Waals surface area contributed by atoms with Crippen molar-refractivity contribution in [3.63, 3.8) is 0 Å². The van der Waals surface area contributed by atoms with Crippen LogP contribution in [0.5, 0.6) is 0 Å². The van der Waals surface area contributed by atoms with E-state index in [2.05, 4.69) is 9.97 Å². The fourth-order valence-electron chi connectivity index (χ4n) is 4.38. The van der Waals surface area contributed by atoms with Gasteiger partial charge in [0.1, 0.15) is 13.2 Å². The van der Waals surface area contributed by atoms with E-state index in [0.29, 0.717) is 24.2 Å². The van der Waals surface area contributed by atoms with Gasteiger partial charge in [0.05, 0.1) is 17.3 Å². The predicted octanol–water partition coefficient (Wildman–Crippen LogP) is 2.57. The molecule has 1 aromatic carbocycles. The molecule has 2 N–H and O–H groups in total. The summed E-state index contributed by atoms with van der Waals surface area (Å²) in [5.74, 6) is -1.36. The third-order valence-corrected chi connectivity index (χ3v) is 6.08. The molecule has 35 heavy (non-hydrogen) atoms. The Hall–Kier alpha value is -3.54. The molecular formula is C23H24F3N5O4. The number of halogens is 3. The number of alkyl halides is 3. The van der Waals surface area contributed by atoms with E-state index in [0.717, 1.165) is 29.9 Å². The van der Waals surface area contributed by atoms with Crippen molar-refractivity contribution < 1.29 is 32.3 Å². The summed E-state index contributed by atoms with van der Waals surface area (Å²) in [4.78, 5) is 48.0. The van der Waals surface area contributed by atoms with E-state index in [9.17, 15) is 27.6 Å². The van der Waals surface area contributed by atoms with Crippen LogP contribution in [0.15, 0.2) is 30.5 Å². The maximum atomic E-state index is 13.3. The quantitative estimate of drug-likeness (QED) is 0.639. The Labute approximate surface area is 199 Å². The molecule has 0 unspecified atom stereocenters. The number of carbonyl (C=O) groups excluding carboxylic acids is 3. The second-order valence-electron chi connectivity index (χ2n) is 8.39. The number of imide groups is 1. The smallest absolute Gasteiger partial charge is 0.368 e. The van der Waals surface area contributed by atoms with Crippen molar-refractivity contribution in [2.24, 2.45) is 0 Å². The first-order chi connectivity index (χ1) is 16.6. The first-order valence-electron chi connectivity index (χ1n) is 11.2. The zero-order valence-corrected chi connectivity index (χ0v) is 18.8. The van der Waals surface area contributed by atoms with E-state index >= 15 is 0 Å². The summed E-state index contributed by atoms with van der Waals surface area (Å²) in [6.45, 7) is -0.102. The lowest BCUT2D eigenvalue weighted by Crippen LogP contribution is -2.48. The normalized spacial score (nSPS) is 19.2. The molecule has 1 aromatic heterocycles. The van der Waals surface area contributed by atoms with E-state index in [4.69, 9.17) is 10.5 Å². The van der Waals surface area contributed by atoms with E-state index in [1.54, 1.807) is 4.90 Å². The van der Waals surface area contributed by atoms with E-state index in [1.807, 2.05) is 0 Å². The molecule has 0 bridgehead atoms. The molecule has 0 radical (unpaired) electrons. The summed E-state index contributed by atoms with van der Waals surface area (Å²) in [6.07, 6.45) is -1.20. The largest absolute Gasteiger partial charge is 0.416 e. The zero-order valence-electron chi connectivity index (χ0n) is 18.8. The fourth-order valence-corrected chi connectivity index (χ4v) is 4.38. The number of hydrogen-bond donors (Lipinski definition) is 1. The van der Waals surface area contributed by atoms with Gasteiger partial charge in [0.25, 0.3) is 11.8 Å². The summed E-state index contributed by atoms with van der Waals surface area (Å²) in [5.41, 5.74) is 5.99. The van der Waals surface area contributed by atoms with E-state index < -0.39 is 29.6 Å². The fraction of sp³-hybridized carbons (Fsp3) is 0.435. The second kappa shape index (κ2) is 9.98. The van der Waals surface area contributed by atoms with Gasteiger partial charge in [0, 0.05) is 31.3 Å². The molecule has 2 aliphatic rings. The number of aromatic nitrogens is 2. The Balaban J connectivity index is 1.62. The number of ether oxygens (including phenoxy) is 1. The maximum absolute atomic E-state index is 13.3.